The Hall–Kier alpha value is -4.57. The van der Waals surface area contributed by atoms with Gasteiger partial charge in [0.15, 0.2) is 0 Å². The molecule has 1 fully saturated rings. The number of ether oxygens (including phenoxy) is 1. The number of amides is 2. The molecule has 1 saturated heterocycles. The molecule has 2 amide bonds. The molecule has 0 atom stereocenters. The summed E-state index contributed by atoms with van der Waals surface area (Å²) in [4.78, 5) is 65.6. The van der Waals surface area contributed by atoms with Crippen molar-refractivity contribution in [2.45, 2.75) is 12.7 Å². The first-order valence-corrected chi connectivity index (χ1v) is 15.3. The summed E-state index contributed by atoms with van der Waals surface area (Å²) in [5.41, 5.74) is -2.46. The number of hydrogen-bond donors (Lipinski definition) is 3. The zero-order chi connectivity index (χ0) is 34.6. The van der Waals surface area contributed by atoms with Crippen molar-refractivity contribution in [1.82, 2.24) is 30.1 Å². The van der Waals surface area contributed by atoms with Gasteiger partial charge in [-0.2, -0.15) is 23.1 Å². The lowest BCUT2D eigenvalue weighted by Crippen LogP contribution is -2.45. The molecule has 0 radical (unpaired) electrons. The number of aromatic amines is 1. The van der Waals surface area contributed by atoms with E-state index in [0.29, 0.717) is 11.6 Å². The number of Topliss-reactive ketones (excluding diaryl/α,β-unsaturated/α-hetero) is 1. The molecule has 4 aromatic rings. The number of halogens is 5. The second-order valence-corrected chi connectivity index (χ2v) is 11.8. The highest BCUT2D eigenvalue weighted by molar-refractivity contribution is 6.34. The number of likely N-dealkylation sites (N-methyl/N-ethyl adjacent to an activating group) is 1. The number of carbonyl (C=O) groups is 3. The predicted molar refractivity (Wildman–Crippen MR) is 172 cm³/mol. The monoisotopic (exact) mass is 705 g/mol. The third-order valence-corrected chi connectivity index (χ3v) is 8.03. The normalized spacial score (nSPS) is 14.1. The lowest BCUT2D eigenvalue weighted by Gasteiger charge is -2.32. The van der Waals surface area contributed by atoms with Crippen LogP contribution in [0.4, 0.5) is 18.9 Å². The minimum atomic E-state index is -5.34. The van der Waals surface area contributed by atoms with Crippen LogP contribution >= 0.6 is 23.2 Å². The van der Waals surface area contributed by atoms with Crippen molar-refractivity contribution in [2.75, 3.05) is 51.7 Å². The Kier molecular flexibility index (Phi) is 10.6. The molecular formula is C31H28Cl2F3N7O5. The number of H-pyrrole nitrogens is 1. The highest BCUT2D eigenvalue weighted by Crippen LogP contribution is 2.27. The number of aromatic nitrogens is 3. The van der Waals surface area contributed by atoms with Gasteiger partial charge in [-0.3, -0.25) is 24.1 Å². The number of piperazine rings is 1. The third kappa shape index (κ3) is 8.47. The molecular weight excluding hydrogens is 678 g/mol. The van der Waals surface area contributed by atoms with Crippen molar-refractivity contribution in [2.24, 2.45) is 0 Å². The Bertz CT molecular complexity index is 1930. The summed E-state index contributed by atoms with van der Waals surface area (Å²) in [6.45, 7) is 3.80. The van der Waals surface area contributed by atoms with Gasteiger partial charge in [-0.25, -0.2) is 0 Å². The average Bonchev–Trinajstić information content (AvgIpc) is 3.04. The van der Waals surface area contributed by atoms with Gasteiger partial charge in [0, 0.05) is 55.2 Å². The fourth-order valence-electron chi connectivity index (χ4n) is 4.83. The van der Waals surface area contributed by atoms with Crippen LogP contribution in [0.5, 0.6) is 6.01 Å². The van der Waals surface area contributed by atoms with Crippen molar-refractivity contribution < 1.29 is 32.3 Å². The van der Waals surface area contributed by atoms with Crippen LogP contribution in [0.3, 0.4) is 0 Å². The summed E-state index contributed by atoms with van der Waals surface area (Å²) in [5.74, 6) is -3.93. The number of anilines is 1. The molecule has 0 aliphatic carbocycles. The number of rotatable bonds is 10. The van der Waals surface area contributed by atoms with E-state index in [-0.39, 0.29) is 29.4 Å². The minimum absolute atomic E-state index is 0.00148. The maximum Gasteiger partial charge on any atom is 0.456 e. The summed E-state index contributed by atoms with van der Waals surface area (Å²) >= 11 is 12.2. The second-order valence-electron chi connectivity index (χ2n) is 10.9. The number of alkyl halides is 3. The molecule has 0 spiro atoms. The van der Waals surface area contributed by atoms with Crippen LogP contribution in [0.15, 0.2) is 53.3 Å². The molecule has 0 bridgehead atoms. The zero-order valence-electron chi connectivity index (χ0n) is 25.3. The molecule has 5 rings (SSSR count). The molecule has 12 nitrogen and oxygen atoms in total. The van der Waals surface area contributed by atoms with Crippen LogP contribution in [0.1, 0.15) is 36.8 Å². The second kappa shape index (κ2) is 14.7. The number of hydrogen-bond acceptors (Lipinski definition) is 9. The molecule has 252 valence electrons. The van der Waals surface area contributed by atoms with Crippen molar-refractivity contribution in [1.29, 1.82) is 0 Å². The Morgan fingerprint density at radius 2 is 1.75 bits per heavy atom. The molecule has 2 aromatic heterocycles. The summed E-state index contributed by atoms with van der Waals surface area (Å²) in [6.07, 6.45) is -5.34. The van der Waals surface area contributed by atoms with Crippen molar-refractivity contribution >= 4 is 57.5 Å². The number of nitrogens with zero attached hydrogens (tertiary/aromatic N) is 4. The Morgan fingerprint density at radius 3 is 2.46 bits per heavy atom. The SMILES string of the molecule is CN1CCN(CCOc2nc(C(=O)C(F)(F)F)c3cc(C(=O)Nc4cc(C(=O)NCc5cccc(Cl)c5)ccc4Cl)c(=O)[nH]c3n2)CC1. The lowest BCUT2D eigenvalue weighted by molar-refractivity contribution is -0.0887. The lowest BCUT2D eigenvalue weighted by atomic mass is 10.1. The van der Waals surface area contributed by atoms with E-state index < -0.39 is 57.6 Å². The Balaban J connectivity index is 1.37. The first-order valence-electron chi connectivity index (χ1n) is 14.5. The highest BCUT2D eigenvalue weighted by Gasteiger charge is 2.42. The number of pyridine rings is 1. The van der Waals surface area contributed by atoms with Gasteiger partial charge < -0.3 is 25.3 Å². The molecule has 17 heteroatoms. The molecule has 3 N–H and O–H groups in total. The van der Waals surface area contributed by atoms with Gasteiger partial charge in [-0.05, 0) is 49.0 Å². The molecule has 0 unspecified atom stereocenters. The molecule has 2 aromatic carbocycles. The molecule has 48 heavy (non-hydrogen) atoms. The molecule has 3 heterocycles. The van der Waals surface area contributed by atoms with Gasteiger partial charge >= 0.3 is 12.2 Å². The quantitative estimate of drug-likeness (QED) is 0.207. The van der Waals surface area contributed by atoms with Gasteiger partial charge in [-0.15, -0.1) is 0 Å². The van der Waals surface area contributed by atoms with Gasteiger partial charge in [0.1, 0.15) is 23.5 Å². The summed E-state index contributed by atoms with van der Waals surface area (Å²) in [6, 6.07) is 11.1. The fraction of sp³-hybridized carbons (Fsp3) is 0.290. The molecule has 1 aliphatic heterocycles. The minimum Gasteiger partial charge on any atom is -0.462 e. The van der Waals surface area contributed by atoms with E-state index in [0.717, 1.165) is 37.8 Å². The van der Waals surface area contributed by atoms with E-state index in [4.69, 9.17) is 27.9 Å². The maximum absolute atomic E-state index is 13.6. The number of fused-ring (bicyclic) bond motifs is 1. The summed E-state index contributed by atoms with van der Waals surface area (Å²) in [5, 5.41) is 5.06. The van der Waals surface area contributed by atoms with Crippen LogP contribution in [0.25, 0.3) is 11.0 Å². The number of benzene rings is 2. The van der Waals surface area contributed by atoms with E-state index in [1.54, 1.807) is 24.3 Å². The highest BCUT2D eigenvalue weighted by atomic mass is 35.5. The van der Waals surface area contributed by atoms with Crippen LogP contribution in [-0.4, -0.2) is 94.9 Å². The van der Waals surface area contributed by atoms with E-state index in [9.17, 15) is 32.3 Å². The largest absolute Gasteiger partial charge is 0.462 e. The van der Waals surface area contributed by atoms with E-state index in [2.05, 4.69) is 35.4 Å². The van der Waals surface area contributed by atoms with Crippen LogP contribution in [0.2, 0.25) is 10.0 Å². The van der Waals surface area contributed by atoms with Crippen LogP contribution < -0.4 is 20.9 Å². The standard InChI is InChI=1S/C31H28Cl2F3N7O5/c1-42-7-9-43(10-8-42)11-12-48-30-39-24(25(44)31(34,35)36)20-15-21(29(47)40-26(20)41-30)28(46)38-23-14-18(5-6-22(23)33)27(45)37-16-17-3-2-4-19(32)13-17/h2-6,13-15H,7-12,16H2,1H3,(H,37,45)(H,38,46)(H,39,40,41,47). The number of nitrogens with one attached hydrogen (secondary N) is 3. The Morgan fingerprint density at radius 1 is 1.00 bits per heavy atom. The summed E-state index contributed by atoms with van der Waals surface area (Å²) < 4.78 is 46.3. The maximum atomic E-state index is 13.6. The van der Waals surface area contributed by atoms with Gasteiger partial charge in [0.2, 0.25) is 0 Å². The Labute approximate surface area is 281 Å². The molecule has 1 aliphatic rings. The number of carbonyl (C=O) groups excluding carboxylic acids is 3. The van der Waals surface area contributed by atoms with Gasteiger partial charge in [0.05, 0.1) is 10.7 Å². The van der Waals surface area contributed by atoms with Crippen LogP contribution in [-0.2, 0) is 6.54 Å². The average molecular weight is 707 g/mol. The summed E-state index contributed by atoms with van der Waals surface area (Å²) in [7, 11) is 1.99. The third-order valence-electron chi connectivity index (χ3n) is 7.46. The zero-order valence-corrected chi connectivity index (χ0v) is 26.8. The van der Waals surface area contributed by atoms with Crippen molar-refractivity contribution in [3.63, 3.8) is 0 Å². The smallest absolute Gasteiger partial charge is 0.456 e. The fourth-order valence-corrected chi connectivity index (χ4v) is 5.20. The molecule has 0 saturated carbocycles. The topological polar surface area (TPSA) is 150 Å². The van der Waals surface area contributed by atoms with E-state index in [1.165, 1.54) is 18.2 Å². The van der Waals surface area contributed by atoms with Crippen LogP contribution in [0, 0.1) is 0 Å². The van der Waals surface area contributed by atoms with Gasteiger partial charge in [-0.1, -0.05) is 35.3 Å². The van der Waals surface area contributed by atoms with Crippen molar-refractivity contribution in [3.8, 4) is 6.01 Å². The van der Waals surface area contributed by atoms with Gasteiger partial charge in [0.25, 0.3) is 23.2 Å². The van der Waals surface area contributed by atoms with E-state index in [1.807, 2.05) is 7.05 Å². The predicted octanol–water partition coefficient (Wildman–Crippen LogP) is 4.18. The number of ketones is 1. The first-order chi connectivity index (χ1) is 22.8. The first kappa shape index (κ1) is 34.8. The van der Waals surface area contributed by atoms with Crippen molar-refractivity contribution in [3.05, 3.63) is 91.3 Å². The van der Waals surface area contributed by atoms with E-state index >= 15 is 0 Å².